The van der Waals surface area contributed by atoms with E-state index >= 15 is 0 Å². The smallest absolute Gasteiger partial charge is 2.00 e. The second kappa shape index (κ2) is 15.7. The van der Waals surface area contributed by atoms with Gasteiger partial charge >= 0.3 is 71.2 Å². The Morgan fingerprint density at radius 2 is 1.43 bits per heavy atom. The van der Waals surface area contributed by atoms with Gasteiger partial charge in [0.1, 0.15) is 0 Å². The summed E-state index contributed by atoms with van der Waals surface area (Å²) in [5.74, 6) is -1.08. The predicted octanol–water partition coefficient (Wildman–Crippen LogP) is -1.36. The minimum Gasteiger partial charge on any atom is -2.00 e. The zero-order chi connectivity index (χ0) is 3.58. The molecule has 0 unspecified atom stereocenters. The first-order valence-corrected chi connectivity index (χ1v) is 0.908. The van der Waals surface area contributed by atoms with Crippen LogP contribution in [0, 0.1) is 71.2 Å². The summed E-state index contributed by atoms with van der Waals surface area (Å²) in [6.07, 6.45) is 0. The van der Waals surface area contributed by atoms with Crippen LogP contribution in [0.25, 0.3) is 0 Å². The molecule has 3 nitrogen and oxygen atoms in total. The van der Waals surface area contributed by atoms with Crippen molar-refractivity contribution in [1.29, 1.82) is 0 Å². The summed E-state index contributed by atoms with van der Waals surface area (Å²) in [4.78, 5) is 8.89. The van der Waals surface area contributed by atoms with Crippen LogP contribution in [0.15, 0.2) is 0 Å². The molecule has 0 radical (unpaired) electrons. The van der Waals surface area contributed by atoms with Crippen molar-refractivity contribution in [2.45, 2.75) is 6.92 Å². The molecule has 0 aromatic heterocycles. The average molecular weight is 353 g/mol. The molecule has 0 atom stereocenters. The number of carbonyl (C=O) groups excluding carboxylic acids is 1. The Labute approximate surface area is 97.7 Å². The van der Waals surface area contributed by atoms with Crippen LogP contribution in [0.1, 0.15) is 6.92 Å². The molecule has 5 heteroatoms. The van der Waals surface area contributed by atoms with Gasteiger partial charge in [-0.05, 0) is 6.92 Å². The molecule has 0 heterocycles. The summed E-state index contributed by atoms with van der Waals surface area (Å²) >= 11 is 0. The summed E-state index contributed by atoms with van der Waals surface area (Å²) < 4.78 is 0. The van der Waals surface area contributed by atoms with Crippen molar-refractivity contribution in [1.82, 2.24) is 0 Å². The summed E-state index contributed by atoms with van der Waals surface area (Å²) in [6.45, 7) is 0.972. The van der Waals surface area contributed by atoms with Gasteiger partial charge in [0.15, 0.2) is 0 Å². The molecule has 32 valence electrons. The number of carboxylic acids is 1. The summed E-state index contributed by atoms with van der Waals surface area (Å²) in [6, 6.07) is 0. The van der Waals surface area contributed by atoms with E-state index < -0.39 is 5.97 Å². The molecule has 0 spiro atoms. The largest absolute Gasteiger partial charge is 3.00 e. The van der Waals surface area contributed by atoms with Gasteiger partial charge in [-0.15, -0.1) is 0 Å². The van der Waals surface area contributed by atoms with Crippen molar-refractivity contribution < 1.29 is 86.6 Å². The van der Waals surface area contributed by atoms with Gasteiger partial charge in [-0.3, -0.25) is 0 Å². The van der Waals surface area contributed by atoms with Gasteiger partial charge in [0.25, 0.3) is 0 Å². The molecule has 0 aliphatic rings. The molecule has 0 fully saturated rings. The maximum atomic E-state index is 8.89. The van der Waals surface area contributed by atoms with Crippen molar-refractivity contribution in [3.8, 4) is 0 Å². The molecule has 0 amide bonds. The quantitative estimate of drug-likeness (QED) is 0.540. The number of carbonyl (C=O) groups is 1. The third kappa shape index (κ3) is 80.0. The van der Waals surface area contributed by atoms with Gasteiger partial charge in [0.05, 0.1) is 0 Å². The van der Waals surface area contributed by atoms with Crippen molar-refractivity contribution in [2.24, 2.45) is 0 Å². The number of carboxylic acid groups (broad SMARTS) is 1. The minimum absolute atomic E-state index is 0. The Hall–Kier alpha value is 1.82. The Balaban J connectivity index is -0.0000000150. The summed E-state index contributed by atoms with van der Waals surface area (Å²) in [7, 11) is 0. The molecule has 0 saturated heterocycles. The minimum atomic E-state index is -1.08. The monoisotopic (exact) mass is 353 g/mol. The van der Waals surface area contributed by atoms with E-state index in [1.807, 2.05) is 0 Å². The molecule has 0 aromatic carbocycles. The van der Waals surface area contributed by atoms with E-state index in [0.717, 1.165) is 6.92 Å². The zero-order valence-corrected chi connectivity index (χ0v) is 11.1. The molecule has 7 heavy (non-hydrogen) atoms. The van der Waals surface area contributed by atoms with Crippen molar-refractivity contribution in [2.75, 3.05) is 0 Å². The molecular weight excluding hydrogens is 350 g/mol. The van der Waals surface area contributed by atoms with E-state index in [0.29, 0.717) is 0 Å². The van der Waals surface area contributed by atoms with Crippen LogP contribution in [0.2, 0.25) is 0 Å². The maximum Gasteiger partial charge on any atom is 3.00 e. The van der Waals surface area contributed by atoms with Gasteiger partial charge in [0, 0.05) is 5.97 Å². The molecule has 0 saturated carbocycles. The Morgan fingerprint density at radius 1 is 1.43 bits per heavy atom. The topological polar surface area (TPSA) is 68.6 Å². The van der Waals surface area contributed by atoms with Crippen LogP contribution < -0.4 is 5.11 Å². The molecule has 0 rings (SSSR count). The van der Waals surface area contributed by atoms with Gasteiger partial charge in [0.2, 0.25) is 0 Å². The first-order valence-electron chi connectivity index (χ1n) is 0.908. The van der Waals surface area contributed by atoms with Crippen molar-refractivity contribution >= 4 is 5.97 Å². The normalized spacial score (nSPS) is 3.57. The Kier molecular flexibility index (Phi) is 51.9. The van der Waals surface area contributed by atoms with Crippen LogP contribution in [0.5, 0.6) is 0 Å². The number of rotatable bonds is 0. The molecule has 0 aliphatic carbocycles. The van der Waals surface area contributed by atoms with E-state index in [4.69, 9.17) is 9.90 Å². The Morgan fingerprint density at radius 3 is 1.43 bits per heavy atom. The van der Waals surface area contributed by atoms with E-state index in [9.17, 15) is 0 Å². The second-order valence-electron chi connectivity index (χ2n) is 0.492. The van der Waals surface area contributed by atoms with Gasteiger partial charge in [-0.2, -0.15) is 0 Å². The zero-order valence-electron chi connectivity index (χ0n) is 3.88. The fourth-order valence-corrected chi connectivity index (χ4v) is 0. The van der Waals surface area contributed by atoms with E-state index in [-0.39, 0.29) is 76.7 Å². The number of aliphatic carboxylic acids is 1. The molecule has 0 aromatic rings. The van der Waals surface area contributed by atoms with Crippen LogP contribution >= 0.6 is 0 Å². The van der Waals surface area contributed by atoms with Gasteiger partial charge < -0.3 is 15.4 Å². The Bertz CT molecular complexity index is 33.9. The number of hydrogen-bond donors (Lipinski definition) is 0. The maximum absolute atomic E-state index is 8.89. The molecule has 0 aliphatic heterocycles. The fourth-order valence-electron chi connectivity index (χ4n) is 0. The standard InChI is InChI=1S/C2H4O2.2La.O/c1-2(3)4;;;/h1H3,(H,3,4);;;/q;2*+3;-2/p-1. The van der Waals surface area contributed by atoms with E-state index in [1.165, 1.54) is 0 Å². The van der Waals surface area contributed by atoms with Crippen LogP contribution in [0.3, 0.4) is 0 Å². The van der Waals surface area contributed by atoms with E-state index in [1.54, 1.807) is 0 Å². The van der Waals surface area contributed by atoms with Crippen LogP contribution in [0.4, 0.5) is 0 Å². The van der Waals surface area contributed by atoms with Crippen molar-refractivity contribution in [3.05, 3.63) is 0 Å². The first-order chi connectivity index (χ1) is 1.73. The third-order valence-corrected chi connectivity index (χ3v) is 0. The van der Waals surface area contributed by atoms with Gasteiger partial charge in [-0.25, -0.2) is 0 Å². The third-order valence-electron chi connectivity index (χ3n) is 0. The van der Waals surface area contributed by atoms with Crippen LogP contribution in [-0.4, -0.2) is 5.97 Å². The predicted molar refractivity (Wildman–Crippen MR) is 11.4 cm³/mol. The molecular formula is C2H3La2O3+3. The summed E-state index contributed by atoms with van der Waals surface area (Å²) in [5.41, 5.74) is 0. The molecule has 0 bridgehead atoms. The first kappa shape index (κ1) is 23.2. The van der Waals surface area contributed by atoms with E-state index in [2.05, 4.69) is 0 Å². The van der Waals surface area contributed by atoms with Crippen LogP contribution in [-0.2, 0) is 10.3 Å². The van der Waals surface area contributed by atoms with Gasteiger partial charge in [-0.1, -0.05) is 0 Å². The SMILES string of the molecule is CC(=O)[O-].[La+3].[La+3].[O-2]. The fraction of sp³-hybridized carbons (Fsp3) is 0.500. The molecule has 0 N–H and O–H groups in total. The summed E-state index contributed by atoms with van der Waals surface area (Å²) in [5, 5.41) is 8.89. The van der Waals surface area contributed by atoms with Crippen molar-refractivity contribution in [3.63, 3.8) is 0 Å². The number of hydrogen-bond acceptors (Lipinski definition) is 2. The second-order valence-corrected chi connectivity index (χ2v) is 0.492. The average Bonchev–Trinajstić information content (AvgIpc) is 0.811.